The monoisotopic (exact) mass is 374 g/mol. The molecule has 26 heavy (non-hydrogen) atoms. The minimum Gasteiger partial charge on any atom is -0.384 e. The van der Waals surface area contributed by atoms with Gasteiger partial charge in [0.05, 0.1) is 16.3 Å². The van der Waals surface area contributed by atoms with Crippen molar-refractivity contribution in [1.29, 1.82) is 0 Å². The Morgan fingerprint density at radius 3 is 2.62 bits per heavy atom. The van der Waals surface area contributed by atoms with Gasteiger partial charge < -0.3 is 5.73 Å². The largest absolute Gasteiger partial charge is 0.384 e. The van der Waals surface area contributed by atoms with Crippen LogP contribution in [0.25, 0.3) is 11.1 Å². The van der Waals surface area contributed by atoms with Gasteiger partial charge in [-0.05, 0) is 42.3 Å². The number of aromatic nitrogens is 2. The van der Waals surface area contributed by atoms with Crippen LogP contribution in [0.15, 0.2) is 53.7 Å². The highest BCUT2D eigenvalue weighted by atomic mass is 32.2. The molecule has 0 amide bonds. The minimum atomic E-state index is -1.90. The smallest absolute Gasteiger partial charge is 0.153 e. The van der Waals surface area contributed by atoms with Gasteiger partial charge >= 0.3 is 0 Å². The van der Waals surface area contributed by atoms with Crippen LogP contribution >= 0.6 is 0 Å². The summed E-state index contributed by atoms with van der Waals surface area (Å²) in [5.74, 6) is -1.23. The molecule has 5 nitrogen and oxygen atoms in total. The van der Waals surface area contributed by atoms with Crippen LogP contribution in [0.2, 0.25) is 0 Å². The Kier molecular flexibility index (Phi) is 5.22. The zero-order valence-corrected chi connectivity index (χ0v) is 14.7. The van der Waals surface area contributed by atoms with Crippen LogP contribution in [0.1, 0.15) is 12.6 Å². The number of rotatable bonds is 5. The van der Waals surface area contributed by atoms with Gasteiger partial charge in [-0.15, -0.1) is 0 Å². The summed E-state index contributed by atoms with van der Waals surface area (Å²) in [6.07, 6.45) is 3.85. The van der Waals surface area contributed by atoms with Gasteiger partial charge in [-0.1, -0.05) is 6.92 Å². The van der Waals surface area contributed by atoms with E-state index in [1.165, 1.54) is 0 Å². The normalized spacial score (nSPS) is 12.0. The topological polar surface area (TPSA) is 80.9 Å². The van der Waals surface area contributed by atoms with Crippen LogP contribution in [0, 0.1) is 11.6 Å². The Hall–Kier alpha value is -2.87. The molecule has 0 aliphatic rings. The summed E-state index contributed by atoms with van der Waals surface area (Å²) in [5, 5.41) is 0. The van der Waals surface area contributed by atoms with Gasteiger partial charge in [-0.25, -0.2) is 18.0 Å². The lowest BCUT2D eigenvalue weighted by atomic mass is 10.1. The summed E-state index contributed by atoms with van der Waals surface area (Å²) in [5.41, 5.74) is 8.43. The van der Waals surface area contributed by atoms with E-state index >= 15 is 0 Å². The van der Waals surface area contributed by atoms with E-state index < -0.39 is 22.6 Å². The SMILES string of the molecule is CCc1ncc(-c2ccnc(N)c2)cc1NS(=O)c1ccc(F)cc1F. The van der Waals surface area contributed by atoms with Crippen LogP contribution in [-0.4, -0.2) is 14.2 Å². The Balaban J connectivity index is 1.95. The third-order valence-corrected chi connectivity index (χ3v) is 4.85. The Morgan fingerprint density at radius 1 is 1.12 bits per heavy atom. The zero-order chi connectivity index (χ0) is 18.7. The van der Waals surface area contributed by atoms with E-state index in [1.54, 1.807) is 30.6 Å². The number of aryl methyl sites for hydroxylation is 1. The number of nitrogens with two attached hydrogens (primary N) is 1. The second-order valence-corrected chi connectivity index (χ2v) is 6.67. The zero-order valence-electron chi connectivity index (χ0n) is 13.9. The van der Waals surface area contributed by atoms with Gasteiger partial charge in [0.1, 0.15) is 17.5 Å². The molecule has 1 aromatic carbocycles. The van der Waals surface area contributed by atoms with Gasteiger partial charge in [0, 0.05) is 24.0 Å². The lowest BCUT2D eigenvalue weighted by molar-refractivity contribution is 0.562. The van der Waals surface area contributed by atoms with Gasteiger partial charge in [0.25, 0.3) is 0 Å². The Morgan fingerprint density at radius 2 is 1.92 bits per heavy atom. The molecule has 0 aliphatic heterocycles. The fourth-order valence-corrected chi connectivity index (χ4v) is 3.34. The fraction of sp³-hybridized carbons (Fsp3) is 0.111. The van der Waals surface area contributed by atoms with Crippen molar-refractivity contribution < 1.29 is 13.0 Å². The van der Waals surface area contributed by atoms with Crippen molar-refractivity contribution in [3.05, 3.63) is 66.1 Å². The first-order valence-electron chi connectivity index (χ1n) is 7.82. The van der Waals surface area contributed by atoms with Crippen molar-refractivity contribution in [3.8, 4) is 11.1 Å². The molecule has 0 aliphatic carbocycles. The van der Waals surface area contributed by atoms with E-state index in [2.05, 4.69) is 14.7 Å². The number of hydrogen-bond acceptors (Lipinski definition) is 4. The molecule has 0 bridgehead atoms. The van der Waals surface area contributed by atoms with E-state index in [0.29, 0.717) is 29.7 Å². The molecule has 8 heteroatoms. The number of benzene rings is 1. The Labute approximate surface area is 151 Å². The number of nitrogens with zero attached hydrogens (tertiary/aromatic N) is 2. The standard InChI is InChI=1S/C18H16F2N4OS/c1-2-15-16(24-26(25)17-4-3-13(19)9-14(17)20)7-12(10-23-15)11-5-6-22-18(21)8-11/h3-10,24H,2H2,1H3,(H2,21,22). The molecule has 1 unspecified atom stereocenters. The van der Waals surface area contributed by atoms with Crippen molar-refractivity contribution in [3.63, 3.8) is 0 Å². The first-order valence-corrected chi connectivity index (χ1v) is 8.97. The molecule has 2 heterocycles. The van der Waals surface area contributed by atoms with Gasteiger partial charge in [-0.3, -0.25) is 9.71 Å². The average molecular weight is 374 g/mol. The quantitative estimate of drug-likeness (QED) is 0.714. The number of halogens is 2. The van der Waals surface area contributed by atoms with E-state index in [4.69, 9.17) is 5.73 Å². The fourth-order valence-electron chi connectivity index (χ4n) is 2.43. The first-order chi connectivity index (χ1) is 12.5. The lowest BCUT2D eigenvalue weighted by Crippen LogP contribution is -2.09. The minimum absolute atomic E-state index is 0.132. The van der Waals surface area contributed by atoms with E-state index in [1.807, 2.05) is 6.92 Å². The van der Waals surface area contributed by atoms with Gasteiger partial charge in [-0.2, -0.15) is 0 Å². The van der Waals surface area contributed by atoms with Crippen molar-refractivity contribution in [2.24, 2.45) is 0 Å². The van der Waals surface area contributed by atoms with Crippen LogP contribution in [-0.2, 0) is 17.4 Å². The highest BCUT2D eigenvalue weighted by Gasteiger charge is 2.14. The van der Waals surface area contributed by atoms with E-state index in [-0.39, 0.29) is 4.90 Å². The summed E-state index contributed by atoms with van der Waals surface area (Å²) < 4.78 is 42.2. The number of nitrogen functional groups attached to an aromatic ring is 1. The second kappa shape index (κ2) is 7.57. The van der Waals surface area contributed by atoms with E-state index in [0.717, 1.165) is 23.3 Å². The molecule has 3 rings (SSSR count). The second-order valence-electron chi connectivity index (χ2n) is 5.49. The van der Waals surface area contributed by atoms with Crippen LogP contribution in [0.4, 0.5) is 20.3 Å². The molecule has 134 valence electrons. The van der Waals surface area contributed by atoms with Crippen molar-refractivity contribution in [1.82, 2.24) is 9.97 Å². The van der Waals surface area contributed by atoms with Crippen molar-refractivity contribution >= 4 is 22.5 Å². The highest BCUT2D eigenvalue weighted by molar-refractivity contribution is 7.86. The maximum atomic E-state index is 13.9. The summed E-state index contributed by atoms with van der Waals surface area (Å²) in [7, 11) is -1.90. The highest BCUT2D eigenvalue weighted by Crippen LogP contribution is 2.26. The van der Waals surface area contributed by atoms with Crippen molar-refractivity contribution in [2.75, 3.05) is 10.5 Å². The van der Waals surface area contributed by atoms with Crippen LogP contribution < -0.4 is 10.5 Å². The predicted octanol–water partition coefficient (Wildman–Crippen LogP) is 3.70. The summed E-state index contributed by atoms with van der Waals surface area (Å²) in [6, 6.07) is 8.15. The molecule has 3 aromatic rings. The molecular weight excluding hydrogens is 358 g/mol. The lowest BCUT2D eigenvalue weighted by Gasteiger charge is -2.12. The molecular formula is C18H16F2N4OS. The molecule has 0 spiro atoms. The van der Waals surface area contributed by atoms with Crippen LogP contribution in [0.5, 0.6) is 0 Å². The number of anilines is 2. The summed E-state index contributed by atoms with van der Waals surface area (Å²) in [4.78, 5) is 8.19. The third kappa shape index (κ3) is 3.85. The molecule has 3 N–H and O–H groups in total. The molecule has 0 fully saturated rings. The number of nitrogens with one attached hydrogen (secondary N) is 1. The first kappa shape index (κ1) is 17.9. The van der Waals surface area contributed by atoms with E-state index in [9.17, 15) is 13.0 Å². The molecule has 2 aromatic heterocycles. The van der Waals surface area contributed by atoms with Crippen LogP contribution in [0.3, 0.4) is 0 Å². The van der Waals surface area contributed by atoms with Crippen molar-refractivity contribution in [2.45, 2.75) is 18.2 Å². The third-order valence-electron chi connectivity index (χ3n) is 3.72. The van der Waals surface area contributed by atoms with Gasteiger partial charge in [0.2, 0.25) is 0 Å². The molecule has 1 atom stereocenters. The molecule has 0 saturated carbocycles. The molecule has 0 radical (unpaired) electrons. The summed E-state index contributed by atoms with van der Waals surface area (Å²) >= 11 is 0. The predicted molar refractivity (Wildman–Crippen MR) is 97.6 cm³/mol. The maximum Gasteiger partial charge on any atom is 0.153 e. The maximum absolute atomic E-state index is 13.9. The van der Waals surface area contributed by atoms with Gasteiger partial charge in [0.15, 0.2) is 11.0 Å². The molecule has 0 saturated heterocycles. The number of pyridine rings is 2. The average Bonchev–Trinajstić information content (AvgIpc) is 2.61. The number of hydrogen-bond donors (Lipinski definition) is 2. The Bertz CT molecular complexity index is 981. The summed E-state index contributed by atoms with van der Waals surface area (Å²) in [6.45, 7) is 1.90.